The van der Waals surface area contributed by atoms with Crippen LogP contribution in [0.2, 0.25) is 0 Å². The van der Waals surface area contributed by atoms with Gasteiger partial charge in [-0.3, -0.25) is 4.79 Å². The maximum Gasteiger partial charge on any atom is 0.253 e. The fourth-order valence-corrected chi connectivity index (χ4v) is 1.39. The van der Waals surface area contributed by atoms with Crippen LogP contribution in [-0.4, -0.2) is 25.7 Å². The lowest BCUT2D eigenvalue weighted by Crippen LogP contribution is -2.41. The van der Waals surface area contributed by atoms with Gasteiger partial charge in [-0.15, -0.1) is 0 Å². The van der Waals surface area contributed by atoms with Crippen molar-refractivity contribution >= 4 is 11.6 Å². The molecule has 73 valence electrons. The van der Waals surface area contributed by atoms with Gasteiger partial charge >= 0.3 is 0 Å². The molecule has 1 aromatic rings. The molecule has 1 saturated heterocycles. The second-order valence-corrected chi connectivity index (χ2v) is 2.99. The number of anilines is 1. The van der Waals surface area contributed by atoms with E-state index in [0.717, 1.165) is 0 Å². The molecule has 0 aliphatic carbocycles. The average molecular weight is 194 g/mol. The van der Waals surface area contributed by atoms with Crippen LogP contribution in [0.15, 0.2) is 18.2 Å². The van der Waals surface area contributed by atoms with Gasteiger partial charge in [0, 0.05) is 18.3 Å². The van der Waals surface area contributed by atoms with Crippen LogP contribution in [-0.2, 0) is 9.53 Å². The predicted octanol–water partition coefficient (Wildman–Crippen LogP) is 0.989. The Morgan fingerprint density at radius 1 is 1.57 bits per heavy atom. The van der Waals surface area contributed by atoms with Gasteiger partial charge in [-0.2, -0.15) is 0 Å². The number of amides is 1. The number of rotatable bonds is 1. The Balaban J connectivity index is 2.24. The molecule has 4 heteroatoms. The zero-order valence-electron chi connectivity index (χ0n) is 7.50. The minimum atomic E-state index is -0.457. The molecule has 14 heavy (non-hydrogen) atoms. The van der Waals surface area contributed by atoms with E-state index in [-0.39, 0.29) is 12.5 Å². The quantitative estimate of drug-likeness (QED) is 0.667. The summed E-state index contributed by atoms with van der Waals surface area (Å²) in [4.78, 5) is 12.9. The van der Waals surface area contributed by atoms with Crippen LogP contribution in [0.5, 0.6) is 0 Å². The molecule has 1 aliphatic heterocycles. The van der Waals surface area contributed by atoms with Crippen molar-refractivity contribution < 1.29 is 13.9 Å². The molecule has 0 N–H and O–H groups in total. The highest BCUT2D eigenvalue weighted by molar-refractivity contribution is 5.94. The maximum atomic E-state index is 12.8. The van der Waals surface area contributed by atoms with Crippen LogP contribution in [0.3, 0.4) is 0 Å². The number of hydrogen-bond acceptors (Lipinski definition) is 2. The number of halogens is 1. The molecule has 0 bridgehead atoms. The van der Waals surface area contributed by atoms with Crippen molar-refractivity contribution in [2.45, 2.75) is 0 Å². The van der Waals surface area contributed by atoms with E-state index >= 15 is 0 Å². The lowest BCUT2D eigenvalue weighted by molar-refractivity contribution is -0.125. The van der Waals surface area contributed by atoms with Crippen molar-refractivity contribution in [3.05, 3.63) is 30.1 Å². The monoisotopic (exact) mass is 194 g/mol. The Kier molecular flexibility index (Phi) is 2.45. The fraction of sp³-hybridized carbons (Fsp3) is 0.300. The molecule has 3 nitrogen and oxygen atoms in total. The van der Waals surface area contributed by atoms with Gasteiger partial charge in [0.1, 0.15) is 12.4 Å². The van der Waals surface area contributed by atoms with Gasteiger partial charge < -0.3 is 9.64 Å². The molecule has 1 heterocycles. The first-order valence-corrected chi connectivity index (χ1v) is 4.33. The standard InChI is InChI=1S/C10H9FNO2/c11-8-2-1-3-9(6-8)12-4-5-14-7-10(12)13/h1,3,6H,4-5,7H2. The zero-order valence-corrected chi connectivity index (χ0v) is 7.50. The summed E-state index contributed by atoms with van der Waals surface area (Å²) >= 11 is 0. The number of benzene rings is 1. The molecule has 1 radical (unpaired) electrons. The lowest BCUT2D eigenvalue weighted by Gasteiger charge is -2.26. The molecular formula is C10H9FNO2. The van der Waals surface area contributed by atoms with Gasteiger partial charge in [0.05, 0.1) is 6.61 Å². The highest BCUT2D eigenvalue weighted by Crippen LogP contribution is 2.16. The molecule has 1 aliphatic rings. The number of hydrogen-bond donors (Lipinski definition) is 0. The van der Waals surface area contributed by atoms with E-state index in [2.05, 4.69) is 6.07 Å². The minimum absolute atomic E-state index is 0.0697. The largest absolute Gasteiger partial charge is 0.370 e. The highest BCUT2D eigenvalue weighted by Gasteiger charge is 2.20. The van der Waals surface area contributed by atoms with Crippen LogP contribution in [0.4, 0.5) is 10.1 Å². The van der Waals surface area contributed by atoms with E-state index in [1.807, 2.05) is 0 Å². The molecule has 1 amide bonds. The van der Waals surface area contributed by atoms with Gasteiger partial charge in [-0.25, -0.2) is 4.39 Å². The summed E-state index contributed by atoms with van der Waals surface area (Å²) in [6.07, 6.45) is 0. The van der Waals surface area contributed by atoms with Crippen molar-refractivity contribution in [1.82, 2.24) is 0 Å². The summed E-state index contributed by atoms with van der Waals surface area (Å²) in [5.41, 5.74) is 0.564. The summed E-state index contributed by atoms with van der Waals surface area (Å²) in [6, 6.07) is 6.81. The van der Waals surface area contributed by atoms with Gasteiger partial charge in [0.15, 0.2) is 0 Å². The SMILES string of the molecule is O=C1COCCN1c1cc[c]c(F)c1. The highest BCUT2D eigenvalue weighted by atomic mass is 19.1. The topological polar surface area (TPSA) is 29.5 Å². The van der Waals surface area contributed by atoms with Crippen LogP contribution >= 0.6 is 0 Å². The summed E-state index contributed by atoms with van der Waals surface area (Å²) in [6.45, 7) is 1.04. The van der Waals surface area contributed by atoms with Gasteiger partial charge in [0.2, 0.25) is 0 Å². The summed E-state index contributed by atoms with van der Waals surface area (Å²) in [5, 5.41) is 0. The van der Waals surface area contributed by atoms with Crippen molar-refractivity contribution in [3.63, 3.8) is 0 Å². The van der Waals surface area contributed by atoms with E-state index in [1.54, 1.807) is 6.07 Å². The van der Waals surface area contributed by atoms with Crippen molar-refractivity contribution in [2.24, 2.45) is 0 Å². The van der Waals surface area contributed by atoms with Crippen molar-refractivity contribution in [1.29, 1.82) is 0 Å². The molecular weight excluding hydrogens is 185 g/mol. The Hall–Kier alpha value is -1.42. The Morgan fingerprint density at radius 2 is 2.43 bits per heavy atom. The molecule has 0 spiro atoms. The van der Waals surface area contributed by atoms with Crippen LogP contribution in [0.25, 0.3) is 0 Å². The van der Waals surface area contributed by atoms with E-state index in [4.69, 9.17) is 4.74 Å². The Morgan fingerprint density at radius 3 is 3.14 bits per heavy atom. The molecule has 0 atom stereocenters. The van der Waals surface area contributed by atoms with Crippen molar-refractivity contribution in [2.75, 3.05) is 24.7 Å². The predicted molar refractivity (Wildman–Crippen MR) is 48.4 cm³/mol. The average Bonchev–Trinajstić information content (AvgIpc) is 2.18. The number of carbonyl (C=O) groups is 1. The molecule has 1 aromatic carbocycles. The van der Waals surface area contributed by atoms with Gasteiger partial charge in [0.25, 0.3) is 5.91 Å². The summed E-state index contributed by atoms with van der Waals surface area (Å²) in [5.74, 6) is -0.594. The van der Waals surface area contributed by atoms with Gasteiger partial charge in [-0.1, -0.05) is 0 Å². The van der Waals surface area contributed by atoms with E-state index in [1.165, 1.54) is 17.0 Å². The van der Waals surface area contributed by atoms with Crippen molar-refractivity contribution in [3.8, 4) is 0 Å². The maximum absolute atomic E-state index is 12.8. The first-order chi connectivity index (χ1) is 6.77. The Bertz CT molecular complexity index is 354. The number of carbonyl (C=O) groups excluding carboxylic acids is 1. The fourth-order valence-electron chi connectivity index (χ4n) is 1.39. The minimum Gasteiger partial charge on any atom is -0.370 e. The van der Waals surface area contributed by atoms with E-state index in [0.29, 0.717) is 18.8 Å². The number of nitrogens with zero attached hydrogens (tertiary/aromatic N) is 1. The third kappa shape index (κ3) is 1.75. The molecule has 1 fully saturated rings. The van der Waals surface area contributed by atoms with Crippen LogP contribution < -0.4 is 4.90 Å². The Labute approximate surface area is 81.1 Å². The zero-order chi connectivity index (χ0) is 9.97. The lowest BCUT2D eigenvalue weighted by atomic mass is 10.2. The molecule has 2 rings (SSSR count). The normalized spacial score (nSPS) is 17.2. The summed E-state index contributed by atoms with van der Waals surface area (Å²) < 4.78 is 17.8. The second-order valence-electron chi connectivity index (χ2n) is 2.99. The first kappa shape index (κ1) is 9.15. The number of morpholine rings is 1. The molecule has 0 unspecified atom stereocenters. The van der Waals surface area contributed by atoms with Crippen LogP contribution in [0.1, 0.15) is 0 Å². The van der Waals surface area contributed by atoms with Gasteiger partial charge in [-0.05, 0) is 18.2 Å². The van der Waals surface area contributed by atoms with E-state index < -0.39 is 5.82 Å². The van der Waals surface area contributed by atoms with Crippen LogP contribution in [0, 0.1) is 11.9 Å². The third-order valence-electron chi connectivity index (χ3n) is 2.05. The second kappa shape index (κ2) is 3.75. The van der Waals surface area contributed by atoms with E-state index in [9.17, 15) is 9.18 Å². The smallest absolute Gasteiger partial charge is 0.253 e. The first-order valence-electron chi connectivity index (χ1n) is 4.33. The molecule has 0 aromatic heterocycles. The number of ether oxygens (including phenoxy) is 1. The molecule has 0 saturated carbocycles. The third-order valence-corrected chi connectivity index (χ3v) is 2.05. The summed E-state index contributed by atoms with van der Waals surface area (Å²) in [7, 11) is 0.